The third-order valence-corrected chi connectivity index (χ3v) is 5.00. The van der Waals surface area contributed by atoms with Crippen LogP contribution in [0.1, 0.15) is 38.7 Å². The number of H-pyrrole nitrogens is 1. The topological polar surface area (TPSA) is 110 Å². The third-order valence-electron chi connectivity index (χ3n) is 5.00. The van der Waals surface area contributed by atoms with Gasteiger partial charge in [0.2, 0.25) is 0 Å². The summed E-state index contributed by atoms with van der Waals surface area (Å²) in [6.07, 6.45) is -1.10. The van der Waals surface area contributed by atoms with Gasteiger partial charge in [0.05, 0.1) is 22.3 Å². The predicted octanol–water partition coefficient (Wildman–Crippen LogP) is 3.64. The number of carbonyl (C=O) groups is 1. The van der Waals surface area contributed by atoms with Crippen molar-refractivity contribution in [1.82, 2.24) is 9.97 Å². The number of halogens is 3. The molecule has 1 aliphatic rings. The van der Waals surface area contributed by atoms with Gasteiger partial charge in [-0.2, -0.15) is 13.2 Å². The molecular weight excluding hydrogens is 375 g/mol. The van der Waals surface area contributed by atoms with Crippen LogP contribution >= 0.6 is 0 Å². The zero-order valence-corrected chi connectivity index (χ0v) is 15.8. The van der Waals surface area contributed by atoms with Crippen LogP contribution in [-0.2, 0) is 10.9 Å². The molecule has 28 heavy (non-hydrogen) atoms. The van der Waals surface area contributed by atoms with Crippen molar-refractivity contribution in [2.45, 2.75) is 44.9 Å². The molecule has 0 bridgehead atoms. The van der Waals surface area contributed by atoms with E-state index in [9.17, 15) is 18.0 Å². The molecule has 2 aromatic heterocycles. The summed E-state index contributed by atoms with van der Waals surface area (Å²) in [6.45, 7) is 4.35. The largest absolute Gasteiger partial charge is 0.444 e. The first-order valence-corrected chi connectivity index (χ1v) is 9.04. The quantitative estimate of drug-likeness (QED) is 0.727. The minimum absolute atomic E-state index is 0.0348. The van der Waals surface area contributed by atoms with Crippen molar-refractivity contribution in [1.29, 1.82) is 0 Å². The number of hydrogen-bond acceptors (Lipinski definition) is 5. The Bertz CT molecular complexity index is 878. The monoisotopic (exact) mass is 399 g/mol. The third kappa shape index (κ3) is 4.10. The summed E-state index contributed by atoms with van der Waals surface area (Å²) in [5, 5.41) is 0.281. The van der Waals surface area contributed by atoms with Crippen LogP contribution in [0.5, 0.6) is 0 Å². The first-order valence-electron chi connectivity index (χ1n) is 9.04. The number of primary amides is 1. The van der Waals surface area contributed by atoms with Crippen LogP contribution in [0.2, 0.25) is 0 Å². The number of anilines is 2. The fourth-order valence-corrected chi connectivity index (χ4v) is 4.08. The number of piperidine rings is 1. The van der Waals surface area contributed by atoms with Crippen molar-refractivity contribution in [2.24, 2.45) is 11.7 Å². The molecule has 1 saturated heterocycles. The number of pyridine rings is 1. The van der Waals surface area contributed by atoms with Crippen LogP contribution < -0.4 is 16.4 Å². The highest BCUT2D eigenvalue weighted by Crippen LogP contribution is 2.43. The van der Waals surface area contributed by atoms with Gasteiger partial charge in [-0.15, -0.1) is 0 Å². The van der Waals surface area contributed by atoms with Crippen molar-refractivity contribution < 1.29 is 22.7 Å². The number of nitrogen functional groups attached to an aromatic ring is 1. The SMILES string of the molecule is CC(C)(C[C@H]1CCCN(c2c(C(F)(F)F)cnc3[nH]cc(N)c23)C1)OC(N)=O. The smallest absolute Gasteiger partial charge is 0.419 e. The average Bonchev–Trinajstić information content (AvgIpc) is 2.93. The van der Waals surface area contributed by atoms with E-state index in [1.54, 1.807) is 18.7 Å². The molecule has 0 unspecified atom stereocenters. The Morgan fingerprint density at radius 2 is 2.14 bits per heavy atom. The molecule has 1 aliphatic heterocycles. The number of ether oxygens (including phenoxy) is 1. The number of nitrogens with two attached hydrogens (primary N) is 2. The summed E-state index contributed by atoms with van der Waals surface area (Å²) in [6, 6.07) is 0. The molecule has 1 atom stereocenters. The Labute approximate surface area is 160 Å². The van der Waals surface area contributed by atoms with E-state index in [-0.39, 0.29) is 22.7 Å². The molecule has 3 rings (SSSR count). The zero-order chi connectivity index (χ0) is 20.7. The van der Waals surface area contributed by atoms with Gasteiger partial charge >= 0.3 is 12.3 Å². The number of nitrogens with one attached hydrogen (secondary N) is 1. The van der Waals surface area contributed by atoms with Gasteiger partial charge in [-0.05, 0) is 39.0 Å². The number of rotatable bonds is 4. The van der Waals surface area contributed by atoms with Crippen LogP contribution in [0.3, 0.4) is 0 Å². The van der Waals surface area contributed by atoms with Crippen molar-refractivity contribution in [3.63, 3.8) is 0 Å². The van der Waals surface area contributed by atoms with Crippen LogP contribution in [0.4, 0.5) is 29.3 Å². The first-order chi connectivity index (χ1) is 13.0. The number of nitrogens with zero attached hydrogens (tertiary/aromatic N) is 2. The highest BCUT2D eigenvalue weighted by molar-refractivity contribution is 6.01. The average molecular weight is 399 g/mol. The molecule has 5 N–H and O–H groups in total. The summed E-state index contributed by atoms with van der Waals surface area (Å²) >= 11 is 0. The van der Waals surface area contributed by atoms with E-state index in [4.69, 9.17) is 16.2 Å². The Morgan fingerprint density at radius 1 is 1.43 bits per heavy atom. The molecule has 7 nitrogen and oxygen atoms in total. The lowest BCUT2D eigenvalue weighted by atomic mass is 9.86. The molecular formula is C18H24F3N5O2. The molecule has 0 aromatic carbocycles. The molecule has 3 heterocycles. The molecule has 2 aromatic rings. The maximum Gasteiger partial charge on any atom is 0.419 e. The Balaban J connectivity index is 1.95. The van der Waals surface area contributed by atoms with Gasteiger partial charge in [-0.1, -0.05) is 0 Å². The standard InChI is InChI=1S/C18H24F3N5O2/c1-17(2,28-16(23)27)6-10-4-3-5-26(9-10)14-11(18(19,20)21)7-24-15-13(14)12(22)8-25-15/h7-8,10H,3-6,9,22H2,1-2H3,(H2,23,27)(H,24,25)/t10-/m1/s1. The zero-order valence-electron chi connectivity index (χ0n) is 15.8. The van der Waals surface area contributed by atoms with E-state index in [1.807, 2.05) is 0 Å². The van der Waals surface area contributed by atoms with Gasteiger partial charge in [0.25, 0.3) is 0 Å². The van der Waals surface area contributed by atoms with E-state index < -0.39 is 23.4 Å². The fraction of sp³-hybridized carbons (Fsp3) is 0.556. The molecule has 154 valence electrons. The van der Waals surface area contributed by atoms with E-state index >= 15 is 0 Å². The Hall–Kier alpha value is -2.65. The maximum atomic E-state index is 13.7. The lowest BCUT2D eigenvalue weighted by molar-refractivity contribution is -0.137. The molecule has 0 radical (unpaired) electrons. The molecule has 0 saturated carbocycles. The molecule has 1 fully saturated rings. The van der Waals surface area contributed by atoms with Crippen LogP contribution in [0.25, 0.3) is 11.0 Å². The Morgan fingerprint density at radius 3 is 2.79 bits per heavy atom. The number of carbonyl (C=O) groups excluding carboxylic acids is 1. The van der Waals surface area contributed by atoms with Crippen LogP contribution in [0, 0.1) is 5.92 Å². The van der Waals surface area contributed by atoms with Crippen LogP contribution in [-0.4, -0.2) is 34.8 Å². The first kappa shape index (κ1) is 20.1. The second kappa shape index (κ2) is 7.06. The minimum Gasteiger partial charge on any atom is -0.444 e. The van der Waals surface area contributed by atoms with Gasteiger partial charge in [0.1, 0.15) is 11.2 Å². The maximum absolute atomic E-state index is 13.7. The molecule has 10 heteroatoms. The van der Waals surface area contributed by atoms with E-state index in [1.165, 1.54) is 6.20 Å². The van der Waals surface area contributed by atoms with Gasteiger partial charge in [-0.3, -0.25) is 0 Å². The van der Waals surface area contributed by atoms with E-state index in [2.05, 4.69) is 9.97 Å². The highest BCUT2D eigenvalue weighted by atomic mass is 19.4. The number of hydrogen-bond donors (Lipinski definition) is 3. The van der Waals surface area contributed by atoms with Gasteiger partial charge in [-0.25, -0.2) is 9.78 Å². The lowest BCUT2D eigenvalue weighted by Crippen LogP contribution is -2.41. The number of fused-ring (bicyclic) bond motifs is 1. The summed E-state index contributed by atoms with van der Waals surface area (Å²) in [7, 11) is 0. The summed E-state index contributed by atoms with van der Waals surface area (Å²) in [5.41, 5.74) is 10.1. The van der Waals surface area contributed by atoms with Gasteiger partial charge < -0.3 is 26.1 Å². The fourth-order valence-electron chi connectivity index (χ4n) is 4.08. The number of aromatic amines is 1. The van der Waals surface area contributed by atoms with Gasteiger partial charge in [0.15, 0.2) is 0 Å². The molecule has 0 spiro atoms. The summed E-state index contributed by atoms with van der Waals surface area (Å²) in [4.78, 5) is 19.5. The highest BCUT2D eigenvalue weighted by Gasteiger charge is 2.39. The van der Waals surface area contributed by atoms with Crippen molar-refractivity contribution in [3.8, 4) is 0 Å². The van der Waals surface area contributed by atoms with E-state index in [0.29, 0.717) is 31.6 Å². The lowest BCUT2D eigenvalue weighted by Gasteiger charge is -2.38. The molecule has 1 amide bonds. The summed E-state index contributed by atoms with van der Waals surface area (Å²) < 4.78 is 46.2. The summed E-state index contributed by atoms with van der Waals surface area (Å²) in [5.74, 6) is 0.0348. The Kier molecular flexibility index (Phi) is 5.07. The van der Waals surface area contributed by atoms with Crippen LogP contribution in [0.15, 0.2) is 12.4 Å². The number of alkyl halides is 3. The minimum atomic E-state index is -4.55. The van der Waals surface area contributed by atoms with Crippen molar-refractivity contribution in [2.75, 3.05) is 23.7 Å². The second-order valence-electron chi connectivity index (χ2n) is 7.83. The number of aromatic nitrogens is 2. The molecule has 0 aliphatic carbocycles. The van der Waals surface area contributed by atoms with Crippen molar-refractivity contribution in [3.05, 3.63) is 18.0 Å². The second-order valence-corrected chi connectivity index (χ2v) is 7.83. The van der Waals surface area contributed by atoms with Crippen molar-refractivity contribution >= 4 is 28.5 Å². The van der Waals surface area contributed by atoms with Gasteiger partial charge in [0, 0.05) is 25.5 Å². The number of amides is 1. The predicted molar refractivity (Wildman–Crippen MR) is 99.8 cm³/mol. The normalized spacial score (nSPS) is 18.5. The van der Waals surface area contributed by atoms with E-state index in [0.717, 1.165) is 12.6 Å².